The first-order valence-corrected chi connectivity index (χ1v) is 7.49. The summed E-state index contributed by atoms with van der Waals surface area (Å²) < 4.78 is 11.8. The first-order chi connectivity index (χ1) is 12.0. The van der Waals surface area contributed by atoms with Crippen molar-refractivity contribution in [1.82, 2.24) is 9.47 Å². The largest absolute Gasteiger partial charge is 0.491 e. The summed E-state index contributed by atoms with van der Waals surface area (Å²) in [7, 11) is 2.92. The molecule has 2 aromatic rings. The predicted octanol–water partition coefficient (Wildman–Crippen LogP) is 1.18. The summed E-state index contributed by atoms with van der Waals surface area (Å²) in [6.45, 7) is 0.877. The molecule has 0 spiro atoms. The lowest BCUT2D eigenvalue weighted by molar-refractivity contribution is 0.0592. The number of ether oxygens (including phenoxy) is 2. The zero-order valence-electron chi connectivity index (χ0n) is 13.8. The number of aromatic nitrogens is 1. The Labute approximate surface area is 143 Å². The number of rotatable bonds is 2. The van der Waals surface area contributed by atoms with E-state index in [9.17, 15) is 14.9 Å². The molecule has 8 nitrogen and oxygen atoms in total. The number of anilines is 1. The highest BCUT2D eigenvalue weighted by atomic mass is 16.5. The number of carbonyl (C=O) groups excluding carboxylic acids is 2. The van der Waals surface area contributed by atoms with E-state index in [0.29, 0.717) is 30.2 Å². The van der Waals surface area contributed by atoms with Gasteiger partial charge >= 0.3 is 5.97 Å². The van der Waals surface area contributed by atoms with Gasteiger partial charge < -0.3 is 24.7 Å². The number of fused-ring (bicyclic) bond motifs is 1. The molecular formula is C17H16N4O4. The predicted molar refractivity (Wildman–Crippen MR) is 88.7 cm³/mol. The Bertz CT molecular complexity index is 910. The van der Waals surface area contributed by atoms with E-state index >= 15 is 0 Å². The molecule has 1 aromatic carbocycles. The van der Waals surface area contributed by atoms with Crippen LogP contribution in [0.3, 0.4) is 0 Å². The van der Waals surface area contributed by atoms with Gasteiger partial charge in [0, 0.05) is 18.9 Å². The maximum absolute atomic E-state index is 12.5. The van der Waals surface area contributed by atoms with Crippen LogP contribution in [-0.2, 0) is 4.74 Å². The van der Waals surface area contributed by atoms with E-state index in [1.807, 2.05) is 6.07 Å². The molecule has 0 atom stereocenters. The van der Waals surface area contributed by atoms with Gasteiger partial charge in [0.05, 0.1) is 30.5 Å². The molecule has 0 unspecified atom stereocenters. The van der Waals surface area contributed by atoms with E-state index < -0.39 is 5.97 Å². The molecule has 0 saturated carbocycles. The van der Waals surface area contributed by atoms with E-state index in [0.717, 1.165) is 0 Å². The minimum atomic E-state index is -0.673. The molecule has 2 heterocycles. The summed E-state index contributed by atoms with van der Waals surface area (Å²) in [4.78, 5) is 26.1. The van der Waals surface area contributed by atoms with Crippen molar-refractivity contribution < 1.29 is 19.1 Å². The fourth-order valence-electron chi connectivity index (χ4n) is 2.68. The number of benzene rings is 1. The quantitative estimate of drug-likeness (QED) is 0.822. The molecule has 0 fully saturated rings. The molecule has 2 N–H and O–H groups in total. The monoisotopic (exact) mass is 340 g/mol. The normalized spacial score (nSPS) is 13.5. The van der Waals surface area contributed by atoms with E-state index in [-0.39, 0.29) is 22.9 Å². The Morgan fingerprint density at radius 1 is 1.44 bits per heavy atom. The lowest BCUT2D eigenvalue weighted by atomic mass is 10.1. The molecule has 8 heteroatoms. The molecule has 1 aromatic heterocycles. The van der Waals surface area contributed by atoms with Crippen molar-refractivity contribution >= 4 is 17.6 Å². The second-order valence-electron chi connectivity index (χ2n) is 5.53. The number of hydrogen-bond acceptors (Lipinski definition) is 6. The standard InChI is InChI=1S/C17H16N4O4/c1-20-5-6-25-13-4-3-11(7-12(13)16(20)22)21-9-10(8-18)14(19)15(21)17(23)24-2/h3-4,7,9H,5-6,19H2,1-2H3. The highest BCUT2D eigenvalue weighted by Gasteiger charge is 2.25. The minimum Gasteiger partial charge on any atom is -0.491 e. The molecule has 3 rings (SSSR count). The molecule has 1 aliphatic rings. The number of carbonyl (C=O) groups is 2. The van der Waals surface area contributed by atoms with Crippen molar-refractivity contribution in [2.24, 2.45) is 0 Å². The smallest absolute Gasteiger partial charge is 0.357 e. The number of nitriles is 1. The number of esters is 1. The van der Waals surface area contributed by atoms with Gasteiger partial charge in [-0.15, -0.1) is 0 Å². The number of amides is 1. The summed E-state index contributed by atoms with van der Waals surface area (Å²) in [6.07, 6.45) is 1.44. The van der Waals surface area contributed by atoms with Crippen LogP contribution < -0.4 is 10.5 Å². The minimum absolute atomic E-state index is 0.0315. The summed E-state index contributed by atoms with van der Waals surface area (Å²) in [5, 5.41) is 9.19. The van der Waals surface area contributed by atoms with Crippen molar-refractivity contribution in [3.05, 3.63) is 41.2 Å². The zero-order chi connectivity index (χ0) is 18.1. The first-order valence-electron chi connectivity index (χ1n) is 7.49. The molecule has 1 aliphatic heterocycles. The third-order valence-electron chi connectivity index (χ3n) is 4.05. The fraction of sp³-hybridized carbons (Fsp3) is 0.235. The van der Waals surface area contributed by atoms with Gasteiger partial charge in [0.25, 0.3) is 5.91 Å². The van der Waals surface area contributed by atoms with Gasteiger partial charge in [-0.1, -0.05) is 0 Å². The third kappa shape index (κ3) is 2.65. The van der Waals surface area contributed by atoms with Crippen LogP contribution in [0.15, 0.2) is 24.4 Å². The maximum atomic E-state index is 12.5. The Hall–Kier alpha value is -3.47. The number of nitrogens with zero attached hydrogens (tertiary/aromatic N) is 3. The van der Waals surface area contributed by atoms with Crippen molar-refractivity contribution in [3.63, 3.8) is 0 Å². The average molecular weight is 340 g/mol. The molecule has 1 amide bonds. The summed E-state index contributed by atoms with van der Waals surface area (Å²) in [5.74, 6) is -0.387. The molecule has 0 saturated heterocycles. The van der Waals surface area contributed by atoms with Crippen LogP contribution >= 0.6 is 0 Å². The topological polar surface area (TPSA) is 111 Å². The van der Waals surface area contributed by atoms with Gasteiger partial charge in [-0.2, -0.15) is 5.26 Å². The molecular weight excluding hydrogens is 324 g/mol. The summed E-state index contributed by atoms with van der Waals surface area (Å²) >= 11 is 0. The van der Waals surface area contributed by atoms with E-state index in [2.05, 4.69) is 0 Å². The van der Waals surface area contributed by atoms with Crippen LogP contribution in [0.5, 0.6) is 5.75 Å². The second-order valence-corrected chi connectivity index (χ2v) is 5.53. The highest BCUT2D eigenvalue weighted by molar-refractivity contribution is 5.98. The molecule has 0 aliphatic carbocycles. The Kier molecular flexibility index (Phi) is 4.07. The Morgan fingerprint density at radius 2 is 2.20 bits per heavy atom. The SMILES string of the molecule is COC(=O)c1c(N)c(C#N)cn1-c1ccc2c(c1)C(=O)N(C)CCO2. The zero-order valence-corrected chi connectivity index (χ0v) is 13.8. The first kappa shape index (κ1) is 16.4. The summed E-state index contributed by atoms with van der Waals surface area (Å²) in [6, 6.07) is 6.89. The van der Waals surface area contributed by atoms with Gasteiger partial charge in [0.2, 0.25) is 0 Å². The van der Waals surface area contributed by atoms with Crippen molar-refractivity contribution in [3.8, 4) is 17.5 Å². The number of nitrogens with two attached hydrogens (primary N) is 1. The van der Waals surface area contributed by atoms with Gasteiger partial charge in [-0.05, 0) is 18.2 Å². The second kappa shape index (κ2) is 6.20. The average Bonchev–Trinajstić information content (AvgIpc) is 2.89. The lowest BCUT2D eigenvalue weighted by Gasteiger charge is -2.14. The van der Waals surface area contributed by atoms with Gasteiger partial charge in [-0.3, -0.25) is 4.79 Å². The van der Waals surface area contributed by atoms with E-state index in [1.54, 1.807) is 30.1 Å². The Balaban J connectivity index is 2.19. The van der Waals surface area contributed by atoms with Crippen LogP contribution in [0, 0.1) is 11.3 Å². The van der Waals surface area contributed by atoms with E-state index in [4.69, 9.17) is 15.2 Å². The maximum Gasteiger partial charge on any atom is 0.357 e. The summed E-state index contributed by atoms with van der Waals surface area (Å²) in [5.41, 5.74) is 6.99. The van der Waals surface area contributed by atoms with Gasteiger partial charge in [0.1, 0.15) is 18.4 Å². The fourth-order valence-corrected chi connectivity index (χ4v) is 2.68. The number of methoxy groups -OCH3 is 1. The van der Waals surface area contributed by atoms with Crippen LogP contribution in [0.25, 0.3) is 5.69 Å². The number of hydrogen-bond donors (Lipinski definition) is 1. The van der Waals surface area contributed by atoms with Crippen LogP contribution in [0.4, 0.5) is 5.69 Å². The molecule has 25 heavy (non-hydrogen) atoms. The van der Waals surface area contributed by atoms with Crippen LogP contribution in [-0.4, -0.2) is 48.7 Å². The number of likely N-dealkylation sites (N-methyl/N-ethyl adjacent to an activating group) is 1. The van der Waals surface area contributed by atoms with Gasteiger partial charge in [0.15, 0.2) is 5.69 Å². The van der Waals surface area contributed by atoms with Gasteiger partial charge in [-0.25, -0.2) is 4.79 Å². The van der Waals surface area contributed by atoms with Crippen molar-refractivity contribution in [2.75, 3.05) is 33.0 Å². The molecule has 0 bridgehead atoms. The third-order valence-corrected chi connectivity index (χ3v) is 4.05. The van der Waals surface area contributed by atoms with E-state index in [1.165, 1.54) is 17.9 Å². The molecule has 0 radical (unpaired) electrons. The number of nitrogen functional groups attached to an aromatic ring is 1. The van der Waals surface area contributed by atoms with Crippen molar-refractivity contribution in [2.45, 2.75) is 0 Å². The van der Waals surface area contributed by atoms with Crippen LogP contribution in [0.1, 0.15) is 26.4 Å². The Morgan fingerprint density at radius 3 is 2.88 bits per heavy atom. The van der Waals surface area contributed by atoms with Crippen molar-refractivity contribution in [1.29, 1.82) is 5.26 Å². The molecule has 128 valence electrons. The van der Waals surface area contributed by atoms with Crippen LogP contribution in [0.2, 0.25) is 0 Å². The highest BCUT2D eigenvalue weighted by Crippen LogP contribution is 2.29. The lowest BCUT2D eigenvalue weighted by Crippen LogP contribution is -2.27.